The SMILES string of the molecule is C=C(CC1CC(C)CN(c2c(NC(=O)c3ccc(F)c(-c4c(F)cccc4F)n3)cnc3c2CCC3O)C1)C(=O)OC(C)(C)C. The summed E-state index contributed by atoms with van der Waals surface area (Å²) in [5.74, 6) is -3.87. The summed E-state index contributed by atoms with van der Waals surface area (Å²) in [4.78, 5) is 36.7. The third kappa shape index (κ3) is 7.03. The molecule has 2 aromatic heterocycles. The fraction of sp³-hybridized carbons (Fsp3) is 0.412. The van der Waals surface area contributed by atoms with E-state index in [4.69, 9.17) is 4.74 Å². The zero-order valence-corrected chi connectivity index (χ0v) is 25.8. The summed E-state index contributed by atoms with van der Waals surface area (Å²) >= 11 is 0. The van der Waals surface area contributed by atoms with Crippen molar-refractivity contribution < 1.29 is 32.6 Å². The van der Waals surface area contributed by atoms with Gasteiger partial charge in [-0.1, -0.05) is 19.6 Å². The number of aliphatic hydroxyl groups is 1. The summed E-state index contributed by atoms with van der Waals surface area (Å²) < 4.78 is 49.1. The third-order valence-electron chi connectivity index (χ3n) is 7.98. The maximum atomic E-state index is 14.7. The van der Waals surface area contributed by atoms with E-state index in [1.807, 2.05) is 0 Å². The number of rotatable bonds is 7. The Balaban J connectivity index is 1.45. The summed E-state index contributed by atoms with van der Waals surface area (Å²) in [6, 6.07) is 5.20. The van der Waals surface area contributed by atoms with Crippen molar-refractivity contribution >= 4 is 23.3 Å². The summed E-state index contributed by atoms with van der Waals surface area (Å²) in [5.41, 5.74) is 0.612. The summed E-state index contributed by atoms with van der Waals surface area (Å²) in [7, 11) is 0. The van der Waals surface area contributed by atoms with E-state index < -0.39 is 52.3 Å². The number of ether oxygens (including phenoxy) is 1. The molecule has 2 aliphatic rings. The average molecular weight is 623 g/mol. The second-order valence-corrected chi connectivity index (χ2v) is 12.9. The maximum Gasteiger partial charge on any atom is 0.333 e. The van der Waals surface area contributed by atoms with Gasteiger partial charge in [-0.25, -0.2) is 22.9 Å². The first kappa shape index (κ1) is 32.2. The van der Waals surface area contributed by atoms with Crippen molar-refractivity contribution in [2.45, 2.75) is 65.1 Å². The Morgan fingerprint density at radius 3 is 2.51 bits per heavy atom. The van der Waals surface area contributed by atoms with Gasteiger partial charge in [0.15, 0.2) is 0 Å². The molecular formula is C34H37F3N4O4. The van der Waals surface area contributed by atoms with Gasteiger partial charge in [-0.05, 0) is 82.6 Å². The number of piperidine rings is 1. The van der Waals surface area contributed by atoms with Crippen LogP contribution < -0.4 is 10.2 Å². The van der Waals surface area contributed by atoms with Crippen molar-refractivity contribution in [3.63, 3.8) is 0 Å². The zero-order valence-electron chi connectivity index (χ0n) is 25.8. The molecule has 8 nitrogen and oxygen atoms in total. The van der Waals surface area contributed by atoms with Gasteiger partial charge in [-0.2, -0.15) is 0 Å². The lowest BCUT2D eigenvalue weighted by Crippen LogP contribution is -2.41. The number of aromatic nitrogens is 2. The van der Waals surface area contributed by atoms with Gasteiger partial charge in [0.25, 0.3) is 5.91 Å². The van der Waals surface area contributed by atoms with E-state index in [9.17, 15) is 27.9 Å². The van der Waals surface area contributed by atoms with Crippen LogP contribution in [0.15, 0.2) is 48.7 Å². The van der Waals surface area contributed by atoms with Crippen molar-refractivity contribution in [1.29, 1.82) is 0 Å². The van der Waals surface area contributed by atoms with Gasteiger partial charge in [0.1, 0.15) is 34.4 Å². The van der Waals surface area contributed by atoms with Crippen molar-refractivity contribution in [3.05, 3.63) is 83.1 Å². The maximum absolute atomic E-state index is 14.7. The number of hydrogen-bond acceptors (Lipinski definition) is 7. The lowest BCUT2D eigenvalue weighted by atomic mass is 9.85. The highest BCUT2D eigenvalue weighted by Crippen LogP contribution is 2.43. The van der Waals surface area contributed by atoms with E-state index in [2.05, 4.69) is 33.7 Å². The molecule has 1 fully saturated rings. The molecule has 2 N–H and O–H groups in total. The Hall–Kier alpha value is -4.25. The molecule has 1 aliphatic carbocycles. The smallest absolute Gasteiger partial charge is 0.333 e. The molecule has 1 amide bonds. The predicted octanol–water partition coefficient (Wildman–Crippen LogP) is 6.54. The first-order valence-electron chi connectivity index (χ1n) is 15.0. The number of carbonyl (C=O) groups is 2. The topological polar surface area (TPSA) is 105 Å². The highest BCUT2D eigenvalue weighted by molar-refractivity contribution is 6.05. The lowest BCUT2D eigenvalue weighted by Gasteiger charge is -2.40. The van der Waals surface area contributed by atoms with Crippen LogP contribution in [0.5, 0.6) is 0 Å². The van der Waals surface area contributed by atoms with Crippen LogP contribution in [0.1, 0.15) is 74.8 Å². The standard InChI is InChI=1S/C34H37F3N4O4/c1-18-13-20(14-19(2)33(44)45-34(3,4)5)17-41(16-18)31-21-9-12-27(42)29(21)38-15-26(31)40-32(43)25-11-10-24(37)30(39-25)28-22(35)7-6-8-23(28)36/h6-8,10-11,15,18,20,27,42H,2,9,12-14,16-17H2,1,3-5H3,(H,40,43). The van der Waals surface area contributed by atoms with Crippen molar-refractivity contribution in [2.24, 2.45) is 11.8 Å². The third-order valence-corrected chi connectivity index (χ3v) is 7.98. The van der Waals surface area contributed by atoms with Gasteiger partial charge >= 0.3 is 5.97 Å². The second kappa shape index (κ2) is 12.6. The molecule has 3 aromatic rings. The van der Waals surface area contributed by atoms with Crippen LogP contribution in [0.2, 0.25) is 0 Å². The number of nitrogens with zero attached hydrogens (tertiary/aromatic N) is 3. The molecule has 1 saturated heterocycles. The molecule has 238 valence electrons. The zero-order chi connectivity index (χ0) is 32.6. The number of halogens is 3. The van der Waals surface area contributed by atoms with E-state index in [-0.39, 0.29) is 17.5 Å². The van der Waals surface area contributed by atoms with Crippen LogP contribution in [0.25, 0.3) is 11.3 Å². The monoisotopic (exact) mass is 622 g/mol. The van der Waals surface area contributed by atoms with Crippen LogP contribution in [0.3, 0.4) is 0 Å². The Labute approximate surface area is 260 Å². The van der Waals surface area contributed by atoms with E-state index in [0.29, 0.717) is 55.0 Å². The number of nitrogens with one attached hydrogen (secondary N) is 1. The molecule has 1 aliphatic heterocycles. The van der Waals surface area contributed by atoms with E-state index in [0.717, 1.165) is 42.3 Å². The number of esters is 1. The molecule has 11 heteroatoms. The first-order chi connectivity index (χ1) is 21.2. The number of pyridine rings is 2. The Morgan fingerprint density at radius 2 is 1.82 bits per heavy atom. The van der Waals surface area contributed by atoms with Gasteiger partial charge in [0.05, 0.1) is 34.9 Å². The van der Waals surface area contributed by atoms with Crippen molar-refractivity contribution in [3.8, 4) is 11.3 Å². The number of aliphatic hydroxyl groups excluding tert-OH is 1. The predicted molar refractivity (Wildman–Crippen MR) is 164 cm³/mol. The number of anilines is 2. The molecule has 0 spiro atoms. The lowest BCUT2D eigenvalue weighted by molar-refractivity contribution is -0.150. The van der Waals surface area contributed by atoms with Gasteiger partial charge < -0.3 is 20.1 Å². The van der Waals surface area contributed by atoms with E-state index >= 15 is 0 Å². The fourth-order valence-electron chi connectivity index (χ4n) is 6.21. The summed E-state index contributed by atoms with van der Waals surface area (Å²) in [6.45, 7) is 12.7. The van der Waals surface area contributed by atoms with Crippen LogP contribution in [-0.4, -0.2) is 45.6 Å². The minimum atomic E-state index is -1.01. The number of hydrogen-bond donors (Lipinski definition) is 2. The molecule has 1 aromatic carbocycles. The van der Waals surface area contributed by atoms with Crippen molar-refractivity contribution in [2.75, 3.05) is 23.3 Å². The largest absolute Gasteiger partial charge is 0.457 e. The molecule has 3 unspecified atom stereocenters. The number of fused-ring (bicyclic) bond motifs is 1. The van der Waals surface area contributed by atoms with E-state index in [1.165, 1.54) is 6.20 Å². The van der Waals surface area contributed by atoms with Crippen LogP contribution in [0.4, 0.5) is 24.5 Å². The quantitative estimate of drug-likeness (QED) is 0.228. The molecular weight excluding hydrogens is 585 g/mol. The van der Waals surface area contributed by atoms with Gasteiger partial charge in [0.2, 0.25) is 0 Å². The van der Waals surface area contributed by atoms with E-state index in [1.54, 1.807) is 20.8 Å². The van der Waals surface area contributed by atoms with Crippen LogP contribution in [-0.2, 0) is 16.0 Å². The van der Waals surface area contributed by atoms with Gasteiger partial charge in [-0.15, -0.1) is 0 Å². The molecule has 45 heavy (non-hydrogen) atoms. The molecule has 3 atom stereocenters. The fourth-order valence-corrected chi connectivity index (χ4v) is 6.21. The summed E-state index contributed by atoms with van der Waals surface area (Å²) in [5, 5.41) is 13.4. The Kier molecular flexibility index (Phi) is 9.02. The van der Waals surface area contributed by atoms with Crippen molar-refractivity contribution in [1.82, 2.24) is 9.97 Å². The summed E-state index contributed by atoms with van der Waals surface area (Å²) in [6.07, 6.45) is 3.02. The molecule has 5 rings (SSSR count). The second-order valence-electron chi connectivity index (χ2n) is 12.9. The van der Waals surface area contributed by atoms with Crippen LogP contribution in [0, 0.1) is 29.3 Å². The number of carbonyl (C=O) groups excluding carboxylic acids is 2. The number of benzene rings is 1. The molecule has 0 bridgehead atoms. The number of amides is 1. The first-order valence-corrected chi connectivity index (χ1v) is 15.0. The molecule has 0 saturated carbocycles. The minimum Gasteiger partial charge on any atom is -0.457 e. The minimum absolute atomic E-state index is 0.0597. The molecule has 3 heterocycles. The van der Waals surface area contributed by atoms with Gasteiger partial charge in [0, 0.05) is 24.2 Å². The Morgan fingerprint density at radius 1 is 1.11 bits per heavy atom. The van der Waals surface area contributed by atoms with Gasteiger partial charge in [-0.3, -0.25) is 9.78 Å². The normalized spacial score (nSPS) is 19.6. The Bertz CT molecular complexity index is 1630. The highest BCUT2D eigenvalue weighted by Gasteiger charge is 2.34. The average Bonchev–Trinajstić information content (AvgIpc) is 3.32. The van der Waals surface area contributed by atoms with Crippen LogP contribution >= 0.6 is 0 Å². The molecule has 0 radical (unpaired) electrons. The highest BCUT2D eigenvalue weighted by atomic mass is 19.1.